The molecule has 1 saturated heterocycles. The van der Waals surface area contributed by atoms with Crippen LogP contribution in [-0.4, -0.2) is 44.5 Å². The molecule has 25 heavy (non-hydrogen) atoms. The van der Waals surface area contributed by atoms with Crippen LogP contribution in [0, 0.1) is 0 Å². The number of likely N-dealkylation sites (tertiary alicyclic amines) is 1. The number of aliphatic hydroxyl groups is 1. The first kappa shape index (κ1) is 16.7. The molecule has 1 fully saturated rings. The fourth-order valence-electron chi connectivity index (χ4n) is 4.47. The number of benzene rings is 1. The highest BCUT2D eigenvalue weighted by molar-refractivity contribution is 5.27. The number of piperidine rings is 1. The van der Waals surface area contributed by atoms with Gasteiger partial charge in [-0.1, -0.05) is 36.8 Å². The maximum Gasteiger partial charge on any atom is 0.147 e. The summed E-state index contributed by atoms with van der Waals surface area (Å²) in [6, 6.07) is 10.5. The van der Waals surface area contributed by atoms with Gasteiger partial charge in [0.2, 0.25) is 0 Å². The van der Waals surface area contributed by atoms with Gasteiger partial charge in [0, 0.05) is 24.9 Å². The van der Waals surface area contributed by atoms with Crippen LogP contribution in [0.4, 0.5) is 0 Å². The molecule has 134 valence electrons. The first-order valence-corrected chi connectivity index (χ1v) is 9.60. The van der Waals surface area contributed by atoms with Crippen molar-refractivity contribution in [1.82, 2.24) is 19.7 Å². The van der Waals surface area contributed by atoms with Crippen LogP contribution in [0.1, 0.15) is 49.3 Å². The van der Waals surface area contributed by atoms with E-state index in [2.05, 4.69) is 43.9 Å². The van der Waals surface area contributed by atoms with E-state index in [1.165, 1.54) is 24.8 Å². The lowest BCUT2D eigenvalue weighted by molar-refractivity contribution is 0.0827. The van der Waals surface area contributed by atoms with E-state index in [-0.39, 0.29) is 12.0 Å². The molecule has 0 saturated carbocycles. The summed E-state index contributed by atoms with van der Waals surface area (Å²) < 4.78 is 2.34. The summed E-state index contributed by atoms with van der Waals surface area (Å²) in [5.41, 5.74) is 1.10. The third kappa shape index (κ3) is 3.35. The molecule has 1 aromatic carbocycles. The average molecular weight is 340 g/mol. The first-order valence-electron chi connectivity index (χ1n) is 9.60. The van der Waals surface area contributed by atoms with Crippen LogP contribution in [0.5, 0.6) is 0 Å². The van der Waals surface area contributed by atoms with Gasteiger partial charge >= 0.3 is 0 Å². The Morgan fingerprint density at radius 2 is 1.88 bits per heavy atom. The van der Waals surface area contributed by atoms with E-state index in [4.69, 9.17) is 0 Å². The molecule has 1 atom stereocenters. The SMILES string of the molecule is OCC1(c2ccccc2)CCCN(Cc2nnc3n2CCCCC3)C1. The third-order valence-corrected chi connectivity index (χ3v) is 5.90. The van der Waals surface area contributed by atoms with Gasteiger partial charge in [-0.3, -0.25) is 4.90 Å². The highest BCUT2D eigenvalue weighted by atomic mass is 16.3. The molecule has 2 aliphatic rings. The quantitative estimate of drug-likeness (QED) is 0.929. The van der Waals surface area contributed by atoms with Gasteiger partial charge in [0.05, 0.1) is 13.2 Å². The van der Waals surface area contributed by atoms with E-state index in [1.54, 1.807) is 0 Å². The van der Waals surface area contributed by atoms with Crippen molar-refractivity contribution in [2.24, 2.45) is 0 Å². The molecule has 1 unspecified atom stereocenters. The average Bonchev–Trinajstić information content (AvgIpc) is 2.89. The zero-order chi connectivity index (χ0) is 17.1. The summed E-state index contributed by atoms with van der Waals surface area (Å²) in [4.78, 5) is 2.45. The number of nitrogens with zero attached hydrogens (tertiary/aromatic N) is 4. The lowest BCUT2D eigenvalue weighted by Crippen LogP contribution is -2.48. The Bertz CT molecular complexity index is 699. The Hall–Kier alpha value is -1.72. The third-order valence-electron chi connectivity index (χ3n) is 5.90. The maximum absolute atomic E-state index is 10.2. The zero-order valence-electron chi connectivity index (χ0n) is 14.9. The van der Waals surface area contributed by atoms with Crippen molar-refractivity contribution in [3.63, 3.8) is 0 Å². The largest absolute Gasteiger partial charge is 0.395 e. The first-order chi connectivity index (χ1) is 12.3. The molecule has 2 aliphatic heterocycles. The minimum atomic E-state index is -0.152. The van der Waals surface area contributed by atoms with Crippen molar-refractivity contribution in [2.75, 3.05) is 19.7 Å². The van der Waals surface area contributed by atoms with E-state index in [0.29, 0.717) is 0 Å². The molecule has 0 radical (unpaired) electrons. The molecule has 1 N–H and O–H groups in total. The highest BCUT2D eigenvalue weighted by Crippen LogP contribution is 2.34. The summed E-state index contributed by atoms with van der Waals surface area (Å²) in [5.74, 6) is 2.25. The predicted molar refractivity (Wildman–Crippen MR) is 97.3 cm³/mol. The smallest absolute Gasteiger partial charge is 0.147 e. The number of aryl methyl sites for hydroxylation is 1. The zero-order valence-corrected chi connectivity index (χ0v) is 14.9. The maximum atomic E-state index is 10.2. The molecular formula is C20H28N4O. The van der Waals surface area contributed by atoms with Crippen molar-refractivity contribution in [3.8, 4) is 0 Å². The molecular weight excluding hydrogens is 312 g/mol. The molecule has 5 heteroatoms. The molecule has 5 nitrogen and oxygen atoms in total. The fourth-order valence-corrected chi connectivity index (χ4v) is 4.47. The Kier molecular flexibility index (Phi) is 4.86. The lowest BCUT2D eigenvalue weighted by Gasteiger charge is -2.42. The van der Waals surface area contributed by atoms with Crippen molar-refractivity contribution in [2.45, 2.75) is 57.0 Å². The Balaban J connectivity index is 1.53. The van der Waals surface area contributed by atoms with Gasteiger partial charge in [-0.2, -0.15) is 0 Å². The Labute approximate surface area is 149 Å². The van der Waals surface area contributed by atoms with E-state index < -0.39 is 0 Å². The van der Waals surface area contributed by atoms with Crippen molar-refractivity contribution < 1.29 is 5.11 Å². The minimum Gasteiger partial charge on any atom is -0.395 e. The second kappa shape index (κ2) is 7.26. The molecule has 0 spiro atoms. The number of hydrogen-bond acceptors (Lipinski definition) is 4. The van der Waals surface area contributed by atoms with Crippen molar-refractivity contribution in [1.29, 1.82) is 0 Å². The molecule has 0 aliphatic carbocycles. The van der Waals surface area contributed by atoms with E-state index in [0.717, 1.165) is 57.1 Å². The normalized spacial score (nSPS) is 24.7. The van der Waals surface area contributed by atoms with Gasteiger partial charge in [-0.05, 0) is 37.8 Å². The van der Waals surface area contributed by atoms with Crippen LogP contribution >= 0.6 is 0 Å². The molecule has 4 rings (SSSR count). The molecule has 3 heterocycles. The molecule has 2 aromatic rings. The van der Waals surface area contributed by atoms with Gasteiger partial charge in [-0.15, -0.1) is 10.2 Å². The number of fused-ring (bicyclic) bond motifs is 1. The standard InChI is InChI=1S/C20H28N4O/c25-16-20(17-8-3-1-4-9-17)11-7-12-23(15-20)14-19-22-21-18-10-5-2-6-13-24(18)19/h1,3-4,8-9,25H,2,5-7,10-16H2. The number of rotatable bonds is 4. The summed E-state index contributed by atoms with van der Waals surface area (Å²) in [7, 11) is 0. The summed E-state index contributed by atoms with van der Waals surface area (Å²) in [5, 5.41) is 19.1. The number of aromatic nitrogens is 3. The Morgan fingerprint density at radius 1 is 1.00 bits per heavy atom. The minimum absolute atomic E-state index is 0.152. The lowest BCUT2D eigenvalue weighted by atomic mass is 9.75. The monoisotopic (exact) mass is 340 g/mol. The van der Waals surface area contributed by atoms with Gasteiger partial charge in [0.1, 0.15) is 11.6 Å². The summed E-state index contributed by atoms with van der Waals surface area (Å²) >= 11 is 0. The van der Waals surface area contributed by atoms with Crippen LogP contribution in [-0.2, 0) is 24.9 Å². The van der Waals surface area contributed by atoms with Crippen molar-refractivity contribution >= 4 is 0 Å². The van der Waals surface area contributed by atoms with Crippen LogP contribution < -0.4 is 0 Å². The number of hydrogen-bond donors (Lipinski definition) is 1. The molecule has 0 amide bonds. The predicted octanol–water partition coefficient (Wildman–Crippen LogP) is 2.53. The van der Waals surface area contributed by atoms with E-state index >= 15 is 0 Å². The number of aliphatic hydroxyl groups excluding tert-OH is 1. The van der Waals surface area contributed by atoms with Gasteiger partial charge in [0.15, 0.2) is 0 Å². The Morgan fingerprint density at radius 3 is 2.72 bits per heavy atom. The second-order valence-corrected chi connectivity index (χ2v) is 7.61. The second-order valence-electron chi connectivity index (χ2n) is 7.61. The van der Waals surface area contributed by atoms with Crippen LogP contribution in [0.3, 0.4) is 0 Å². The van der Waals surface area contributed by atoms with E-state index in [9.17, 15) is 5.11 Å². The van der Waals surface area contributed by atoms with Crippen LogP contribution in [0.2, 0.25) is 0 Å². The van der Waals surface area contributed by atoms with Crippen molar-refractivity contribution in [3.05, 3.63) is 47.5 Å². The summed E-state index contributed by atoms with van der Waals surface area (Å²) in [6.45, 7) is 4.04. The van der Waals surface area contributed by atoms with Gasteiger partial charge in [-0.25, -0.2) is 0 Å². The van der Waals surface area contributed by atoms with Gasteiger partial charge in [0.25, 0.3) is 0 Å². The van der Waals surface area contributed by atoms with E-state index in [1.807, 2.05) is 6.07 Å². The topological polar surface area (TPSA) is 54.2 Å². The molecule has 0 bridgehead atoms. The van der Waals surface area contributed by atoms with Gasteiger partial charge < -0.3 is 9.67 Å². The highest BCUT2D eigenvalue weighted by Gasteiger charge is 2.37. The molecule has 1 aromatic heterocycles. The fraction of sp³-hybridized carbons (Fsp3) is 0.600. The summed E-state index contributed by atoms with van der Waals surface area (Å²) in [6.07, 6.45) is 6.94. The van der Waals surface area contributed by atoms with Crippen LogP contribution in [0.25, 0.3) is 0 Å². The van der Waals surface area contributed by atoms with Crippen LogP contribution in [0.15, 0.2) is 30.3 Å².